The second-order valence-corrected chi connectivity index (χ2v) is 8.73. The van der Waals surface area contributed by atoms with E-state index in [1.165, 1.54) is 29.2 Å². The lowest BCUT2D eigenvalue weighted by atomic mass is 10.2. The fraction of sp³-hybridized carbons (Fsp3) is 0.174. The number of likely N-dealkylation sites (N-methyl/N-ethyl adjacent to an activating group) is 1. The molecule has 1 amide bonds. The van der Waals surface area contributed by atoms with Crippen LogP contribution in [0.3, 0.4) is 0 Å². The van der Waals surface area contributed by atoms with Gasteiger partial charge in [0, 0.05) is 19.2 Å². The van der Waals surface area contributed by atoms with Crippen LogP contribution in [0.25, 0.3) is 0 Å². The number of carbonyl (C=O) groups excluding carboxylic acids is 1. The quantitative estimate of drug-likeness (QED) is 0.534. The molecule has 3 aromatic rings. The standard InChI is InChI=1S/C23H23FN2O4S/c1-25(16-18-8-6-7-11-22(18)30-2)23(27)17-26(20-14-12-19(24)13-15-20)31(28,29)21-9-4-3-5-10-21/h3-15H,16-17H2,1-2H3. The van der Waals surface area contributed by atoms with E-state index in [1.54, 1.807) is 38.4 Å². The van der Waals surface area contributed by atoms with Gasteiger partial charge in [-0.25, -0.2) is 12.8 Å². The van der Waals surface area contributed by atoms with Gasteiger partial charge in [0.2, 0.25) is 5.91 Å². The van der Waals surface area contributed by atoms with Crippen LogP contribution in [0.15, 0.2) is 83.8 Å². The number of rotatable bonds is 8. The Morgan fingerprint density at radius 2 is 1.55 bits per heavy atom. The first-order chi connectivity index (χ1) is 14.8. The van der Waals surface area contributed by atoms with Crippen LogP contribution in [-0.2, 0) is 21.4 Å². The lowest BCUT2D eigenvalue weighted by Crippen LogP contribution is -2.41. The average molecular weight is 443 g/mol. The predicted octanol–water partition coefficient (Wildman–Crippen LogP) is 3.69. The molecule has 0 aliphatic heterocycles. The molecule has 0 aliphatic carbocycles. The number of benzene rings is 3. The molecule has 0 heterocycles. The van der Waals surface area contributed by atoms with Crippen molar-refractivity contribution < 1.29 is 22.3 Å². The Kier molecular flexibility index (Phi) is 6.91. The summed E-state index contributed by atoms with van der Waals surface area (Å²) in [6.45, 7) is -0.194. The van der Waals surface area contributed by atoms with Gasteiger partial charge >= 0.3 is 0 Å². The molecule has 0 fully saturated rings. The number of carbonyl (C=O) groups is 1. The summed E-state index contributed by atoms with van der Waals surface area (Å²) in [6, 6.07) is 20.1. The molecule has 0 aromatic heterocycles. The largest absolute Gasteiger partial charge is 0.496 e. The van der Waals surface area contributed by atoms with Crippen molar-refractivity contribution in [1.29, 1.82) is 0 Å². The Hall–Kier alpha value is -3.39. The van der Waals surface area contributed by atoms with Crippen molar-refractivity contribution in [3.63, 3.8) is 0 Å². The minimum absolute atomic E-state index is 0.0412. The summed E-state index contributed by atoms with van der Waals surface area (Å²) in [5, 5.41) is 0. The third-order valence-corrected chi connectivity index (χ3v) is 6.54. The minimum atomic E-state index is -4.04. The summed E-state index contributed by atoms with van der Waals surface area (Å²) in [5.41, 5.74) is 0.990. The molecule has 0 N–H and O–H groups in total. The lowest BCUT2D eigenvalue weighted by molar-refractivity contribution is -0.128. The fourth-order valence-corrected chi connectivity index (χ4v) is 4.50. The summed E-state index contributed by atoms with van der Waals surface area (Å²) in [6.07, 6.45) is 0. The first-order valence-corrected chi connectivity index (χ1v) is 11.0. The van der Waals surface area contributed by atoms with E-state index in [-0.39, 0.29) is 17.1 Å². The number of hydrogen-bond donors (Lipinski definition) is 0. The number of sulfonamides is 1. The zero-order chi connectivity index (χ0) is 22.4. The van der Waals surface area contributed by atoms with Gasteiger partial charge in [0.25, 0.3) is 10.0 Å². The van der Waals surface area contributed by atoms with E-state index < -0.39 is 28.3 Å². The van der Waals surface area contributed by atoms with Crippen LogP contribution in [0.5, 0.6) is 5.75 Å². The Morgan fingerprint density at radius 1 is 0.935 bits per heavy atom. The number of ether oxygens (including phenoxy) is 1. The van der Waals surface area contributed by atoms with Gasteiger partial charge in [-0.15, -0.1) is 0 Å². The number of nitrogens with zero attached hydrogens (tertiary/aromatic N) is 2. The number of halogens is 1. The van der Waals surface area contributed by atoms with Gasteiger partial charge in [-0.05, 0) is 42.5 Å². The number of anilines is 1. The van der Waals surface area contributed by atoms with E-state index in [0.29, 0.717) is 5.75 Å². The van der Waals surface area contributed by atoms with Crippen LogP contribution in [0, 0.1) is 5.82 Å². The van der Waals surface area contributed by atoms with Crippen molar-refractivity contribution >= 4 is 21.6 Å². The highest BCUT2D eigenvalue weighted by Gasteiger charge is 2.28. The monoisotopic (exact) mass is 442 g/mol. The molecular formula is C23H23FN2O4S. The highest BCUT2D eigenvalue weighted by Crippen LogP contribution is 2.25. The molecule has 6 nitrogen and oxygen atoms in total. The number of para-hydroxylation sites is 1. The zero-order valence-electron chi connectivity index (χ0n) is 17.2. The number of hydrogen-bond acceptors (Lipinski definition) is 4. The Balaban J connectivity index is 1.89. The maximum atomic E-state index is 13.4. The highest BCUT2D eigenvalue weighted by atomic mass is 32.2. The molecule has 0 radical (unpaired) electrons. The van der Waals surface area contributed by atoms with Crippen molar-refractivity contribution in [1.82, 2.24) is 4.90 Å². The predicted molar refractivity (Wildman–Crippen MR) is 117 cm³/mol. The normalized spacial score (nSPS) is 11.1. The Labute approximate surface area is 181 Å². The van der Waals surface area contributed by atoms with Gasteiger partial charge in [0.05, 0.1) is 17.7 Å². The maximum Gasteiger partial charge on any atom is 0.264 e. The summed E-state index contributed by atoms with van der Waals surface area (Å²) >= 11 is 0. The first kappa shape index (κ1) is 22.3. The van der Waals surface area contributed by atoms with Crippen LogP contribution < -0.4 is 9.04 Å². The van der Waals surface area contributed by atoms with E-state index >= 15 is 0 Å². The van der Waals surface area contributed by atoms with Gasteiger partial charge in [-0.2, -0.15) is 0 Å². The number of amides is 1. The summed E-state index contributed by atoms with van der Waals surface area (Å²) in [4.78, 5) is 14.4. The summed E-state index contributed by atoms with van der Waals surface area (Å²) < 4.78 is 46.3. The molecule has 0 bridgehead atoms. The van der Waals surface area contributed by atoms with E-state index in [9.17, 15) is 17.6 Å². The third-order valence-electron chi connectivity index (χ3n) is 4.75. The smallest absolute Gasteiger partial charge is 0.264 e. The van der Waals surface area contributed by atoms with Crippen molar-refractivity contribution in [2.45, 2.75) is 11.4 Å². The molecular weight excluding hydrogens is 419 g/mol. The highest BCUT2D eigenvalue weighted by molar-refractivity contribution is 7.92. The van der Waals surface area contributed by atoms with Crippen molar-refractivity contribution in [2.24, 2.45) is 0 Å². The average Bonchev–Trinajstić information content (AvgIpc) is 2.79. The fourth-order valence-electron chi connectivity index (χ4n) is 3.06. The molecule has 8 heteroatoms. The van der Waals surface area contributed by atoms with Crippen LogP contribution in [0.1, 0.15) is 5.56 Å². The zero-order valence-corrected chi connectivity index (χ0v) is 18.0. The van der Waals surface area contributed by atoms with Crippen molar-refractivity contribution in [3.05, 3.63) is 90.2 Å². The van der Waals surface area contributed by atoms with Crippen LogP contribution in [0.4, 0.5) is 10.1 Å². The van der Waals surface area contributed by atoms with E-state index in [2.05, 4.69) is 0 Å². The lowest BCUT2D eigenvalue weighted by Gasteiger charge is -2.27. The molecule has 31 heavy (non-hydrogen) atoms. The van der Waals surface area contributed by atoms with Gasteiger partial charge < -0.3 is 9.64 Å². The summed E-state index contributed by atoms with van der Waals surface area (Å²) in [7, 11) is -0.908. The van der Waals surface area contributed by atoms with Crippen LogP contribution in [0.2, 0.25) is 0 Å². The molecule has 0 atom stereocenters. The van der Waals surface area contributed by atoms with Crippen molar-refractivity contribution in [3.8, 4) is 5.75 Å². The molecule has 3 rings (SSSR count). The Bertz CT molecular complexity index is 1140. The summed E-state index contributed by atoms with van der Waals surface area (Å²) in [5.74, 6) is -0.287. The maximum absolute atomic E-state index is 13.4. The minimum Gasteiger partial charge on any atom is -0.496 e. The van der Waals surface area contributed by atoms with E-state index in [0.717, 1.165) is 22.0 Å². The molecule has 0 saturated carbocycles. The van der Waals surface area contributed by atoms with Crippen LogP contribution in [-0.4, -0.2) is 39.9 Å². The van der Waals surface area contributed by atoms with Gasteiger partial charge in [-0.3, -0.25) is 9.10 Å². The molecule has 0 aliphatic rings. The second-order valence-electron chi connectivity index (χ2n) is 6.86. The topological polar surface area (TPSA) is 66.9 Å². The molecule has 0 unspecified atom stereocenters. The van der Waals surface area contributed by atoms with E-state index in [4.69, 9.17) is 4.74 Å². The Morgan fingerprint density at radius 3 is 2.19 bits per heavy atom. The van der Waals surface area contributed by atoms with Gasteiger partial charge in [-0.1, -0.05) is 36.4 Å². The van der Waals surface area contributed by atoms with Gasteiger partial charge in [0.1, 0.15) is 18.1 Å². The molecule has 3 aromatic carbocycles. The van der Waals surface area contributed by atoms with Crippen LogP contribution >= 0.6 is 0 Å². The SMILES string of the molecule is COc1ccccc1CN(C)C(=O)CN(c1ccc(F)cc1)S(=O)(=O)c1ccccc1. The van der Waals surface area contributed by atoms with Crippen molar-refractivity contribution in [2.75, 3.05) is 25.0 Å². The molecule has 0 saturated heterocycles. The van der Waals surface area contributed by atoms with E-state index in [1.807, 2.05) is 18.2 Å². The second kappa shape index (κ2) is 9.61. The number of methoxy groups -OCH3 is 1. The third kappa shape index (κ3) is 5.21. The molecule has 162 valence electrons. The molecule has 0 spiro atoms. The first-order valence-electron chi connectivity index (χ1n) is 9.52. The van der Waals surface area contributed by atoms with Gasteiger partial charge in [0.15, 0.2) is 0 Å².